The molecule has 1 N–H and O–H groups in total. The zero-order valence-corrected chi connectivity index (χ0v) is 10.2. The molecule has 0 fully saturated rings. The van der Waals surface area contributed by atoms with Crippen LogP contribution >= 0.6 is 11.3 Å². The summed E-state index contributed by atoms with van der Waals surface area (Å²) in [4.78, 5) is 6.60. The lowest BCUT2D eigenvalue weighted by atomic mass is 10.0. The Morgan fingerprint density at radius 3 is 2.75 bits per heavy atom. The SMILES string of the molecule is Cc1cc2c(C)c(C(O)C#N)c(C)nc2s1. The van der Waals surface area contributed by atoms with Crippen LogP contribution in [0.4, 0.5) is 0 Å². The van der Waals surface area contributed by atoms with Crippen molar-refractivity contribution in [1.29, 1.82) is 5.26 Å². The molecule has 4 heteroatoms. The van der Waals surface area contributed by atoms with Crippen LogP contribution in [-0.2, 0) is 0 Å². The summed E-state index contributed by atoms with van der Waals surface area (Å²) < 4.78 is 0. The number of thiophene rings is 1. The summed E-state index contributed by atoms with van der Waals surface area (Å²) in [7, 11) is 0. The van der Waals surface area contributed by atoms with E-state index in [1.165, 1.54) is 4.88 Å². The van der Waals surface area contributed by atoms with Crippen LogP contribution in [0.15, 0.2) is 6.07 Å². The van der Waals surface area contributed by atoms with Gasteiger partial charge < -0.3 is 5.11 Å². The molecule has 3 nitrogen and oxygen atoms in total. The molecular weight excluding hydrogens is 220 g/mol. The van der Waals surface area contributed by atoms with Crippen molar-refractivity contribution in [3.05, 3.63) is 27.8 Å². The van der Waals surface area contributed by atoms with Crippen LogP contribution in [0.25, 0.3) is 10.2 Å². The Morgan fingerprint density at radius 2 is 2.12 bits per heavy atom. The Balaban J connectivity index is 2.80. The van der Waals surface area contributed by atoms with E-state index in [4.69, 9.17) is 5.26 Å². The highest BCUT2D eigenvalue weighted by Gasteiger charge is 2.17. The molecule has 0 aromatic carbocycles. The van der Waals surface area contributed by atoms with Crippen molar-refractivity contribution in [2.75, 3.05) is 0 Å². The quantitative estimate of drug-likeness (QED) is 0.769. The van der Waals surface area contributed by atoms with E-state index in [2.05, 4.69) is 11.1 Å². The lowest BCUT2D eigenvalue weighted by Crippen LogP contribution is -2.02. The number of rotatable bonds is 1. The Hall–Kier alpha value is -1.44. The molecule has 1 atom stereocenters. The molecule has 2 aromatic rings. The first kappa shape index (κ1) is 11.1. The second kappa shape index (κ2) is 3.85. The Morgan fingerprint density at radius 1 is 1.44 bits per heavy atom. The summed E-state index contributed by atoms with van der Waals surface area (Å²) in [5.41, 5.74) is 2.34. The number of aromatic nitrogens is 1. The average Bonchev–Trinajstić information content (AvgIpc) is 2.58. The molecule has 0 spiro atoms. The maximum Gasteiger partial charge on any atom is 0.167 e. The number of nitrogens with zero attached hydrogens (tertiary/aromatic N) is 2. The molecule has 2 heterocycles. The summed E-state index contributed by atoms with van der Waals surface area (Å²) in [6.45, 7) is 5.79. The highest BCUT2D eigenvalue weighted by Crippen LogP contribution is 2.31. The van der Waals surface area contributed by atoms with Gasteiger partial charge >= 0.3 is 0 Å². The van der Waals surface area contributed by atoms with Crippen LogP contribution in [0, 0.1) is 32.1 Å². The van der Waals surface area contributed by atoms with Gasteiger partial charge in [0.25, 0.3) is 0 Å². The first-order chi connectivity index (χ1) is 7.54. The number of aliphatic hydroxyl groups excluding tert-OH is 1. The van der Waals surface area contributed by atoms with E-state index in [-0.39, 0.29) is 0 Å². The normalized spacial score (nSPS) is 12.7. The summed E-state index contributed by atoms with van der Waals surface area (Å²) in [5.74, 6) is 0. The second-order valence-electron chi connectivity index (χ2n) is 3.84. The van der Waals surface area contributed by atoms with E-state index in [0.29, 0.717) is 5.56 Å². The first-order valence-corrected chi connectivity index (χ1v) is 5.81. The van der Waals surface area contributed by atoms with Gasteiger partial charge in [0.15, 0.2) is 6.10 Å². The molecule has 2 rings (SSSR count). The van der Waals surface area contributed by atoms with Gasteiger partial charge in [0.2, 0.25) is 0 Å². The van der Waals surface area contributed by atoms with Crippen LogP contribution < -0.4 is 0 Å². The summed E-state index contributed by atoms with van der Waals surface area (Å²) in [6.07, 6.45) is -1.09. The summed E-state index contributed by atoms with van der Waals surface area (Å²) >= 11 is 1.63. The van der Waals surface area contributed by atoms with Crippen LogP contribution in [-0.4, -0.2) is 10.1 Å². The molecule has 82 valence electrons. The molecule has 16 heavy (non-hydrogen) atoms. The fourth-order valence-electron chi connectivity index (χ4n) is 1.95. The summed E-state index contributed by atoms with van der Waals surface area (Å²) in [6, 6.07) is 3.90. The van der Waals surface area contributed by atoms with Crippen molar-refractivity contribution in [3.8, 4) is 6.07 Å². The van der Waals surface area contributed by atoms with Crippen LogP contribution in [0.3, 0.4) is 0 Å². The third kappa shape index (κ3) is 1.58. The van der Waals surface area contributed by atoms with Crippen molar-refractivity contribution in [2.45, 2.75) is 26.9 Å². The number of nitriles is 1. The Labute approximate surface area is 98.0 Å². The molecule has 0 aliphatic heterocycles. The van der Waals surface area contributed by atoms with Gasteiger partial charge in [0.1, 0.15) is 4.83 Å². The molecule has 0 bridgehead atoms. The van der Waals surface area contributed by atoms with Crippen molar-refractivity contribution in [3.63, 3.8) is 0 Å². The molecule has 0 saturated heterocycles. The minimum absolute atomic E-state index is 0.646. The Kier molecular flexibility index (Phi) is 2.66. The highest BCUT2D eigenvalue weighted by atomic mass is 32.1. The molecule has 0 amide bonds. The molecule has 1 unspecified atom stereocenters. The monoisotopic (exact) mass is 232 g/mol. The van der Waals surface area contributed by atoms with E-state index in [0.717, 1.165) is 21.5 Å². The lowest BCUT2D eigenvalue weighted by molar-refractivity contribution is 0.234. The number of pyridine rings is 1. The van der Waals surface area contributed by atoms with Gasteiger partial charge in [-0.15, -0.1) is 11.3 Å². The maximum absolute atomic E-state index is 9.66. The van der Waals surface area contributed by atoms with Crippen molar-refractivity contribution in [1.82, 2.24) is 4.98 Å². The van der Waals surface area contributed by atoms with Gasteiger partial charge in [-0.05, 0) is 32.4 Å². The van der Waals surface area contributed by atoms with Gasteiger partial charge in [-0.2, -0.15) is 5.26 Å². The van der Waals surface area contributed by atoms with Gasteiger partial charge in [0, 0.05) is 21.5 Å². The zero-order valence-electron chi connectivity index (χ0n) is 9.40. The smallest absolute Gasteiger partial charge is 0.167 e. The molecule has 2 aromatic heterocycles. The van der Waals surface area contributed by atoms with E-state index < -0.39 is 6.10 Å². The minimum atomic E-state index is -1.09. The molecule has 0 aliphatic rings. The predicted molar refractivity (Wildman–Crippen MR) is 64.4 cm³/mol. The van der Waals surface area contributed by atoms with Gasteiger partial charge in [-0.25, -0.2) is 4.98 Å². The summed E-state index contributed by atoms with van der Waals surface area (Å²) in [5, 5.41) is 19.5. The maximum atomic E-state index is 9.66. The van der Waals surface area contributed by atoms with E-state index in [1.54, 1.807) is 11.3 Å². The lowest BCUT2D eigenvalue weighted by Gasteiger charge is -2.10. The van der Waals surface area contributed by atoms with Gasteiger partial charge in [-0.3, -0.25) is 0 Å². The fraction of sp³-hybridized carbons (Fsp3) is 0.333. The van der Waals surface area contributed by atoms with Crippen LogP contribution in [0.5, 0.6) is 0 Å². The van der Waals surface area contributed by atoms with Crippen molar-refractivity contribution >= 4 is 21.6 Å². The van der Waals surface area contributed by atoms with Crippen LogP contribution in [0.2, 0.25) is 0 Å². The number of hydrogen-bond acceptors (Lipinski definition) is 4. The van der Waals surface area contributed by atoms with E-state index in [1.807, 2.05) is 26.8 Å². The average molecular weight is 232 g/mol. The number of fused-ring (bicyclic) bond motifs is 1. The molecule has 0 saturated carbocycles. The fourth-order valence-corrected chi connectivity index (χ4v) is 2.94. The molecular formula is C12H12N2OS. The van der Waals surface area contributed by atoms with Gasteiger partial charge in [0.05, 0.1) is 6.07 Å². The number of hydrogen-bond donors (Lipinski definition) is 1. The van der Waals surface area contributed by atoms with Crippen molar-refractivity contribution < 1.29 is 5.11 Å². The third-order valence-corrected chi connectivity index (χ3v) is 3.64. The topological polar surface area (TPSA) is 56.9 Å². The van der Waals surface area contributed by atoms with E-state index >= 15 is 0 Å². The molecule has 0 radical (unpaired) electrons. The first-order valence-electron chi connectivity index (χ1n) is 4.99. The van der Waals surface area contributed by atoms with Crippen LogP contribution in [0.1, 0.15) is 27.8 Å². The highest BCUT2D eigenvalue weighted by molar-refractivity contribution is 7.18. The minimum Gasteiger partial charge on any atom is -0.374 e. The number of aliphatic hydroxyl groups is 1. The zero-order chi connectivity index (χ0) is 11.9. The second-order valence-corrected chi connectivity index (χ2v) is 5.08. The Bertz CT molecular complexity index is 595. The van der Waals surface area contributed by atoms with E-state index in [9.17, 15) is 5.11 Å². The third-order valence-electron chi connectivity index (χ3n) is 2.70. The molecule has 0 aliphatic carbocycles. The van der Waals surface area contributed by atoms with Crippen molar-refractivity contribution in [2.24, 2.45) is 0 Å². The van der Waals surface area contributed by atoms with Gasteiger partial charge in [-0.1, -0.05) is 0 Å². The largest absolute Gasteiger partial charge is 0.374 e. The predicted octanol–water partition coefficient (Wildman–Crippen LogP) is 2.78. The number of aryl methyl sites for hydroxylation is 3. The standard InChI is InChI=1S/C12H12N2OS/c1-6-4-9-7(2)11(10(15)5-13)8(3)14-12(9)16-6/h4,10,15H,1-3H3.